The zero-order valence-electron chi connectivity index (χ0n) is 37.5. The second-order valence-corrected chi connectivity index (χ2v) is 16.3. The van der Waals surface area contributed by atoms with Crippen molar-refractivity contribution in [2.45, 2.75) is 244 Å². The predicted molar refractivity (Wildman–Crippen MR) is 245 cm³/mol. The molecule has 0 heterocycles. The van der Waals surface area contributed by atoms with Gasteiger partial charge in [0, 0.05) is 6.42 Å². The molecule has 0 saturated carbocycles. The number of hydrogen-bond acceptors (Lipinski definition) is 5. The molecule has 3 N–H and O–H groups in total. The minimum Gasteiger partial charge on any atom is -0.462 e. The van der Waals surface area contributed by atoms with Gasteiger partial charge in [-0.1, -0.05) is 229 Å². The highest BCUT2D eigenvalue weighted by Crippen LogP contribution is 2.17. The van der Waals surface area contributed by atoms with Gasteiger partial charge in [-0.15, -0.1) is 0 Å². The number of carbonyl (C=O) groups is 2. The molecular formula is C51H91NO5. The fourth-order valence-electron chi connectivity index (χ4n) is 7.05. The lowest BCUT2D eigenvalue weighted by Crippen LogP contribution is -2.46. The molecule has 3 atom stereocenters. The fourth-order valence-corrected chi connectivity index (χ4v) is 7.05. The molecule has 0 fully saturated rings. The van der Waals surface area contributed by atoms with E-state index in [-0.39, 0.29) is 24.9 Å². The van der Waals surface area contributed by atoms with Gasteiger partial charge in [0.2, 0.25) is 5.91 Å². The molecule has 0 bridgehead atoms. The largest absolute Gasteiger partial charge is 0.462 e. The second-order valence-electron chi connectivity index (χ2n) is 16.3. The lowest BCUT2D eigenvalue weighted by atomic mass is 10.0. The third-order valence-corrected chi connectivity index (χ3v) is 10.7. The number of hydrogen-bond donors (Lipinski definition) is 3. The van der Waals surface area contributed by atoms with Gasteiger partial charge in [-0.2, -0.15) is 0 Å². The number of nitrogens with one attached hydrogen (secondary N) is 1. The zero-order chi connectivity index (χ0) is 41.7. The summed E-state index contributed by atoms with van der Waals surface area (Å²) in [6.07, 6.45) is 54.2. The quantitative estimate of drug-likeness (QED) is 0.0325. The Hall–Kier alpha value is -2.44. The summed E-state index contributed by atoms with van der Waals surface area (Å²) in [6.45, 7) is 6.36. The monoisotopic (exact) mass is 798 g/mol. The standard InChI is InChI=1S/C51H91NO5/c1-4-7-10-13-16-19-21-23-24-25-26-27-28-30-32-35-38-41-44-51(56)57-47(42-39-36-33-18-15-12-9-6-3)45-50(55)52-48(46-53)49(54)43-40-37-34-31-29-22-20-17-14-11-8-5-2/h10,13,16,19,21,23-27,47-49,53-54H,4-9,11-12,14-15,17-18,20,22,28-46H2,1-3H3,(H,52,55)/b13-10+,19-16+,23-21+,25-24+,27-26+. The molecule has 0 spiro atoms. The summed E-state index contributed by atoms with van der Waals surface area (Å²) in [7, 11) is 0. The molecule has 6 nitrogen and oxygen atoms in total. The number of aliphatic hydroxyl groups excluding tert-OH is 2. The minimum absolute atomic E-state index is 0.0663. The van der Waals surface area contributed by atoms with Crippen molar-refractivity contribution in [3.8, 4) is 0 Å². The molecule has 0 radical (unpaired) electrons. The van der Waals surface area contributed by atoms with Gasteiger partial charge in [0.05, 0.1) is 25.2 Å². The number of allylic oxidation sites excluding steroid dienone is 10. The summed E-state index contributed by atoms with van der Waals surface area (Å²) >= 11 is 0. The summed E-state index contributed by atoms with van der Waals surface area (Å²) in [4.78, 5) is 26.0. The lowest BCUT2D eigenvalue weighted by molar-refractivity contribution is -0.151. The van der Waals surface area contributed by atoms with E-state index in [0.29, 0.717) is 19.3 Å². The van der Waals surface area contributed by atoms with Gasteiger partial charge >= 0.3 is 5.97 Å². The predicted octanol–water partition coefficient (Wildman–Crippen LogP) is 14.1. The van der Waals surface area contributed by atoms with E-state index >= 15 is 0 Å². The molecule has 0 rings (SSSR count). The summed E-state index contributed by atoms with van der Waals surface area (Å²) in [5, 5.41) is 23.6. The van der Waals surface area contributed by atoms with E-state index in [4.69, 9.17) is 4.74 Å². The second kappa shape index (κ2) is 44.7. The average Bonchev–Trinajstić information content (AvgIpc) is 3.20. The van der Waals surface area contributed by atoms with Gasteiger partial charge in [0.25, 0.3) is 0 Å². The minimum atomic E-state index is -0.790. The molecule has 0 aliphatic carbocycles. The van der Waals surface area contributed by atoms with Gasteiger partial charge < -0.3 is 20.3 Å². The van der Waals surface area contributed by atoms with Crippen molar-refractivity contribution < 1.29 is 24.5 Å². The van der Waals surface area contributed by atoms with Gasteiger partial charge in [0.1, 0.15) is 6.10 Å². The number of unbranched alkanes of at least 4 members (excludes halogenated alkanes) is 24. The highest BCUT2D eigenvalue weighted by atomic mass is 16.5. The molecule has 0 saturated heterocycles. The van der Waals surface area contributed by atoms with Crippen molar-refractivity contribution in [1.82, 2.24) is 5.32 Å². The van der Waals surface area contributed by atoms with Crippen molar-refractivity contribution in [3.05, 3.63) is 60.8 Å². The SMILES string of the molecule is CCC/C=C/C=C/C=C/C=C/C=C/CCCCCCCC(=O)OC(CCCCCCCCCC)CC(=O)NC(CO)C(O)CCCCCCCCCCCCCC. The third-order valence-electron chi connectivity index (χ3n) is 10.7. The highest BCUT2D eigenvalue weighted by molar-refractivity contribution is 5.77. The summed E-state index contributed by atoms with van der Waals surface area (Å²) in [5.41, 5.74) is 0. The first-order valence-corrected chi connectivity index (χ1v) is 24.1. The van der Waals surface area contributed by atoms with Crippen molar-refractivity contribution in [2.75, 3.05) is 6.61 Å². The number of amides is 1. The van der Waals surface area contributed by atoms with Crippen LogP contribution in [0, 0.1) is 0 Å². The smallest absolute Gasteiger partial charge is 0.306 e. The maximum atomic E-state index is 13.1. The molecule has 3 unspecified atom stereocenters. The Morgan fingerprint density at radius 2 is 0.930 bits per heavy atom. The summed E-state index contributed by atoms with van der Waals surface area (Å²) < 4.78 is 5.89. The number of aliphatic hydroxyl groups is 2. The van der Waals surface area contributed by atoms with Crippen molar-refractivity contribution in [3.63, 3.8) is 0 Å². The molecule has 0 aromatic heterocycles. The Bertz CT molecular complexity index is 1030. The Balaban J connectivity index is 4.51. The maximum absolute atomic E-state index is 13.1. The van der Waals surface area contributed by atoms with Crippen LogP contribution in [0.4, 0.5) is 0 Å². The molecule has 0 aliphatic rings. The van der Waals surface area contributed by atoms with E-state index in [1.165, 1.54) is 96.3 Å². The third kappa shape index (κ3) is 40.1. The Morgan fingerprint density at radius 3 is 1.42 bits per heavy atom. The zero-order valence-corrected chi connectivity index (χ0v) is 37.5. The van der Waals surface area contributed by atoms with Crippen LogP contribution >= 0.6 is 0 Å². The van der Waals surface area contributed by atoms with Crippen LogP contribution in [-0.2, 0) is 14.3 Å². The van der Waals surface area contributed by atoms with Gasteiger partial charge in [0.15, 0.2) is 0 Å². The van der Waals surface area contributed by atoms with Gasteiger partial charge in [-0.25, -0.2) is 0 Å². The molecule has 0 aromatic rings. The number of ether oxygens (including phenoxy) is 1. The van der Waals surface area contributed by atoms with Crippen LogP contribution in [0.15, 0.2) is 60.8 Å². The van der Waals surface area contributed by atoms with E-state index in [0.717, 1.165) is 83.5 Å². The number of rotatable bonds is 42. The van der Waals surface area contributed by atoms with Gasteiger partial charge in [-0.05, 0) is 44.9 Å². The van der Waals surface area contributed by atoms with Crippen molar-refractivity contribution in [2.24, 2.45) is 0 Å². The lowest BCUT2D eigenvalue weighted by Gasteiger charge is -2.24. The Labute approximate surface area is 352 Å². The Kier molecular flexibility index (Phi) is 42.7. The van der Waals surface area contributed by atoms with Gasteiger partial charge in [-0.3, -0.25) is 9.59 Å². The fraction of sp³-hybridized carbons (Fsp3) is 0.765. The van der Waals surface area contributed by atoms with Crippen LogP contribution in [0.3, 0.4) is 0 Å². The van der Waals surface area contributed by atoms with Crippen LogP contribution in [0.1, 0.15) is 226 Å². The number of esters is 1. The summed E-state index contributed by atoms with van der Waals surface area (Å²) in [6, 6.07) is -0.704. The topological polar surface area (TPSA) is 95.9 Å². The Morgan fingerprint density at radius 1 is 0.509 bits per heavy atom. The highest BCUT2D eigenvalue weighted by Gasteiger charge is 2.24. The van der Waals surface area contributed by atoms with Crippen LogP contribution in [-0.4, -0.2) is 46.9 Å². The summed E-state index contributed by atoms with van der Waals surface area (Å²) in [5.74, 6) is -0.505. The molecule has 57 heavy (non-hydrogen) atoms. The van der Waals surface area contributed by atoms with E-state index in [9.17, 15) is 19.8 Å². The van der Waals surface area contributed by atoms with Crippen LogP contribution < -0.4 is 5.32 Å². The first kappa shape index (κ1) is 54.6. The number of carbonyl (C=O) groups excluding carboxylic acids is 2. The molecule has 0 aliphatic heterocycles. The van der Waals surface area contributed by atoms with Crippen LogP contribution in [0.2, 0.25) is 0 Å². The molecule has 1 amide bonds. The van der Waals surface area contributed by atoms with E-state index < -0.39 is 18.2 Å². The molecule has 6 heteroatoms. The molecule has 330 valence electrons. The normalized spacial score (nSPS) is 13.8. The van der Waals surface area contributed by atoms with E-state index in [2.05, 4.69) is 62.5 Å². The van der Waals surface area contributed by atoms with Crippen LogP contribution in [0.25, 0.3) is 0 Å². The molecular weight excluding hydrogens is 707 g/mol. The van der Waals surface area contributed by atoms with Crippen molar-refractivity contribution in [1.29, 1.82) is 0 Å². The first-order chi connectivity index (χ1) is 28.0. The van der Waals surface area contributed by atoms with Crippen molar-refractivity contribution >= 4 is 11.9 Å². The van der Waals surface area contributed by atoms with E-state index in [1.54, 1.807) is 0 Å². The molecule has 0 aromatic carbocycles. The first-order valence-electron chi connectivity index (χ1n) is 24.1. The average molecular weight is 798 g/mol. The van der Waals surface area contributed by atoms with Crippen LogP contribution in [0.5, 0.6) is 0 Å². The van der Waals surface area contributed by atoms with E-state index in [1.807, 2.05) is 24.3 Å². The maximum Gasteiger partial charge on any atom is 0.306 e.